The molecule has 8 nitrogen and oxygen atoms in total. The molecule has 3 aromatic heterocycles. The van der Waals surface area contributed by atoms with Crippen molar-refractivity contribution in [2.45, 2.75) is 38.8 Å². The maximum absolute atomic E-state index is 12.2. The van der Waals surface area contributed by atoms with E-state index in [0.717, 1.165) is 0 Å². The highest BCUT2D eigenvalue weighted by atomic mass is 16.4. The van der Waals surface area contributed by atoms with Crippen LogP contribution >= 0.6 is 0 Å². The summed E-state index contributed by atoms with van der Waals surface area (Å²) in [6, 6.07) is 3.40. The van der Waals surface area contributed by atoms with Gasteiger partial charge in [-0.15, -0.1) is 0 Å². The number of aromatic nitrogens is 4. The summed E-state index contributed by atoms with van der Waals surface area (Å²) in [5.74, 6) is 0.698. The van der Waals surface area contributed by atoms with Crippen LogP contribution in [0.3, 0.4) is 0 Å². The van der Waals surface area contributed by atoms with Crippen LogP contribution in [0.1, 0.15) is 33.5 Å². The molecule has 3 N–H and O–H groups in total. The van der Waals surface area contributed by atoms with Gasteiger partial charge in [-0.3, -0.25) is 9.78 Å². The fourth-order valence-electron chi connectivity index (χ4n) is 2.42. The van der Waals surface area contributed by atoms with Crippen molar-refractivity contribution >= 4 is 17.0 Å². The summed E-state index contributed by atoms with van der Waals surface area (Å²) in [7, 11) is 0. The SMILES string of the molecule is CC(O)(CNc1nc2c(cnn2C(C)(C)C)c(=O)[nH]1)c1ccco1. The number of aliphatic hydroxyl groups is 1. The minimum Gasteiger partial charge on any atom is -0.466 e. The van der Waals surface area contributed by atoms with Gasteiger partial charge < -0.3 is 14.8 Å². The Morgan fingerprint density at radius 3 is 2.75 bits per heavy atom. The molecule has 3 rings (SSSR count). The smallest absolute Gasteiger partial charge is 0.263 e. The molecule has 0 aromatic carbocycles. The third kappa shape index (κ3) is 2.92. The fraction of sp³-hybridized carbons (Fsp3) is 0.438. The molecule has 0 aliphatic heterocycles. The van der Waals surface area contributed by atoms with E-state index in [-0.39, 0.29) is 23.6 Å². The van der Waals surface area contributed by atoms with E-state index in [4.69, 9.17) is 4.42 Å². The minimum atomic E-state index is -1.23. The van der Waals surface area contributed by atoms with Gasteiger partial charge in [0.15, 0.2) is 5.65 Å². The van der Waals surface area contributed by atoms with Gasteiger partial charge in [-0.1, -0.05) is 0 Å². The van der Waals surface area contributed by atoms with Crippen LogP contribution in [0.4, 0.5) is 5.95 Å². The zero-order chi connectivity index (χ0) is 17.5. The van der Waals surface area contributed by atoms with Gasteiger partial charge in [-0.2, -0.15) is 10.1 Å². The van der Waals surface area contributed by atoms with Crippen LogP contribution in [-0.4, -0.2) is 31.4 Å². The first-order valence-corrected chi connectivity index (χ1v) is 7.67. The van der Waals surface area contributed by atoms with Gasteiger partial charge in [0, 0.05) is 0 Å². The molecule has 0 saturated heterocycles. The zero-order valence-corrected chi connectivity index (χ0v) is 14.1. The zero-order valence-electron chi connectivity index (χ0n) is 14.1. The summed E-state index contributed by atoms with van der Waals surface area (Å²) in [6.07, 6.45) is 3.01. The standard InChI is InChI=1S/C16H21N5O3/c1-15(2,3)21-12-10(8-18-21)13(22)20-14(19-12)17-9-16(4,23)11-6-5-7-24-11/h5-8,23H,9H2,1-4H3,(H2,17,19,20,22). The Hall–Kier alpha value is -2.61. The van der Waals surface area contributed by atoms with Crippen LogP contribution in [0.25, 0.3) is 11.0 Å². The van der Waals surface area contributed by atoms with Gasteiger partial charge in [0.1, 0.15) is 16.7 Å². The van der Waals surface area contributed by atoms with Crippen LogP contribution in [0.2, 0.25) is 0 Å². The highest BCUT2D eigenvalue weighted by molar-refractivity contribution is 5.74. The van der Waals surface area contributed by atoms with Gasteiger partial charge in [0.25, 0.3) is 5.56 Å². The molecule has 3 heterocycles. The Labute approximate surface area is 138 Å². The van der Waals surface area contributed by atoms with E-state index >= 15 is 0 Å². The number of hydrogen-bond acceptors (Lipinski definition) is 6. The second kappa shape index (κ2) is 5.48. The molecule has 0 bridgehead atoms. The summed E-state index contributed by atoms with van der Waals surface area (Å²) >= 11 is 0. The molecule has 8 heteroatoms. The average molecular weight is 331 g/mol. The summed E-state index contributed by atoms with van der Waals surface area (Å²) in [4.78, 5) is 19.3. The lowest BCUT2D eigenvalue weighted by atomic mass is 10.0. The number of fused-ring (bicyclic) bond motifs is 1. The third-order valence-corrected chi connectivity index (χ3v) is 3.73. The predicted octanol–water partition coefficient (Wildman–Crippen LogP) is 1.79. The van der Waals surface area contributed by atoms with Gasteiger partial charge >= 0.3 is 0 Å². The molecule has 24 heavy (non-hydrogen) atoms. The molecule has 128 valence electrons. The van der Waals surface area contributed by atoms with Crippen molar-refractivity contribution < 1.29 is 9.52 Å². The summed E-state index contributed by atoms with van der Waals surface area (Å²) in [5, 5.41) is 18.1. The molecule has 0 spiro atoms. The lowest BCUT2D eigenvalue weighted by Crippen LogP contribution is -2.31. The first kappa shape index (κ1) is 16.3. The van der Waals surface area contributed by atoms with Crippen molar-refractivity contribution in [1.29, 1.82) is 0 Å². The van der Waals surface area contributed by atoms with E-state index in [1.165, 1.54) is 12.5 Å². The van der Waals surface area contributed by atoms with Crippen molar-refractivity contribution in [1.82, 2.24) is 19.7 Å². The fourth-order valence-corrected chi connectivity index (χ4v) is 2.42. The van der Waals surface area contributed by atoms with Crippen LogP contribution in [0.15, 0.2) is 33.8 Å². The monoisotopic (exact) mass is 331 g/mol. The number of nitrogens with zero attached hydrogens (tertiary/aromatic N) is 3. The number of furan rings is 1. The molecular formula is C16H21N5O3. The van der Waals surface area contributed by atoms with E-state index in [2.05, 4.69) is 20.4 Å². The maximum atomic E-state index is 12.2. The van der Waals surface area contributed by atoms with Gasteiger partial charge in [0.2, 0.25) is 5.95 Å². The molecule has 1 atom stereocenters. The normalized spacial score (nSPS) is 14.7. The van der Waals surface area contributed by atoms with Crippen LogP contribution < -0.4 is 10.9 Å². The Morgan fingerprint density at radius 2 is 2.12 bits per heavy atom. The number of anilines is 1. The first-order valence-electron chi connectivity index (χ1n) is 7.67. The molecule has 0 aliphatic carbocycles. The van der Waals surface area contributed by atoms with E-state index in [1.54, 1.807) is 23.7 Å². The van der Waals surface area contributed by atoms with E-state index in [0.29, 0.717) is 16.8 Å². The number of rotatable bonds is 4. The number of H-pyrrole nitrogens is 1. The molecule has 0 fully saturated rings. The van der Waals surface area contributed by atoms with E-state index in [1.807, 2.05) is 20.8 Å². The Kier molecular flexibility index (Phi) is 3.71. The largest absolute Gasteiger partial charge is 0.466 e. The Balaban J connectivity index is 1.92. The summed E-state index contributed by atoms with van der Waals surface area (Å²) < 4.78 is 6.94. The lowest BCUT2D eigenvalue weighted by molar-refractivity contribution is 0.0475. The number of nitrogens with one attached hydrogen (secondary N) is 2. The number of aromatic amines is 1. The van der Waals surface area contributed by atoms with Gasteiger partial charge in [0.05, 0.1) is 24.5 Å². The van der Waals surface area contributed by atoms with Crippen molar-refractivity contribution in [2.24, 2.45) is 0 Å². The average Bonchev–Trinajstić information content (AvgIpc) is 3.14. The molecule has 0 saturated carbocycles. The number of hydrogen-bond donors (Lipinski definition) is 3. The van der Waals surface area contributed by atoms with Gasteiger partial charge in [-0.25, -0.2) is 4.68 Å². The highest BCUT2D eigenvalue weighted by Gasteiger charge is 2.26. The van der Waals surface area contributed by atoms with Crippen LogP contribution in [0, 0.1) is 0 Å². The van der Waals surface area contributed by atoms with Gasteiger partial charge in [-0.05, 0) is 39.8 Å². The highest BCUT2D eigenvalue weighted by Crippen LogP contribution is 2.22. The molecule has 0 radical (unpaired) electrons. The molecule has 0 amide bonds. The van der Waals surface area contributed by atoms with Crippen LogP contribution in [0.5, 0.6) is 0 Å². The Bertz CT molecular complexity index is 900. The predicted molar refractivity (Wildman–Crippen MR) is 89.9 cm³/mol. The first-order chi connectivity index (χ1) is 11.2. The maximum Gasteiger partial charge on any atom is 0.263 e. The molecule has 1 unspecified atom stereocenters. The topological polar surface area (TPSA) is 109 Å². The lowest BCUT2D eigenvalue weighted by Gasteiger charge is -2.22. The van der Waals surface area contributed by atoms with Crippen LogP contribution in [-0.2, 0) is 11.1 Å². The van der Waals surface area contributed by atoms with Crippen molar-refractivity contribution in [3.63, 3.8) is 0 Å². The second-order valence-electron chi connectivity index (χ2n) is 6.98. The molecule has 0 aliphatic rings. The second-order valence-corrected chi connectivity index (χ2v) is 6.98. The van der Waals surface area contributed by atoms with E-state index < -0.39 is 5.60 Å². The van der Waals surface area contributed by atoms with Crippen molar-refractivity contribution in [3.05, 3.63) is 40.7 Å². The minimum absolute atomic E-state index is 0.124. The summed E-state index contributed by atoms with van der Waals surface area (Å²) in [5.41, 5.74) is -1.33. The molecule has 3 aromatic rings. The Morgan fingerprint density at radius 1 is 1.38 bits per heavy atom. The quantitative estimate of drug-likeness (QED) is 0.672. The van der Waals surface area contributed by atoms with Crippen molar-refractivity contribution in [3.8, 4) is 0 Å². The van der Waals surface area contributed by atoms with E-state index in [9.17, 15) is 9.90 Å². The third-order valence-electron chi connectivity index (χ3n) is 3.73. The molecular weight excluding hydrogens is 310 g/mol. The summed E-state index contributed by atoms with van der Waals surface area (Å²) in [6.45, 7) is 7.69. The van der Waals surface area contributed by atoms with Crippen molar-refractivity contribution in [2.75, 3.05) is 11.9 Å².